The maximum absolute atomic E-state index is 12.8. The molecule has 1 saturated heterocycles. The predicted octanol–water partition coefficient (Wildman–Crippen LogP) is 1.79. The summed E-state index contributed by atoms with van der Waals surface area (Å²) < 4.78 is 27.1. The van der Waals surface area contributed by atoms with Crippen LogP contribution in [-0.4, -0.2) is 50.7 Å². The number of hydrogen-bond acceptors (Lipinski definition) is 3. The average Bonchev–Trinajstić information content (AvgIpc) is 2.48. The van der Waals surface area contributed by atoms with Crippen LogP contribution in [0.3, 0.4) is 0 Å². The Morgan fingerprint density at radius 1 is 1.18 bits per heavy atom. The molecule has 22 heavy (non-hydrogen) atoms. The van der Waals surface area contributed by atoms with Gasteiger partial charge < -0.3 is 4.90 Å². The van der Waals surface area contributed by atoms with E-state index in [-0.39, 0.29) is 11.8 Å². The summed E-state index contributed by atoms with van der Waals surface area (Å²) in [5.74, 6) is 0.0174. The van der Waals surface area contributed by atoms with Crippen LogP contribution in [-0.2, 0) is 14.8 Å². The quantitative estimate of drug-likeness (QED) is 0.852. The van der Waals surface area contributed by atoms with Crippen molar-refractivity contribution in [2.24, 2.45) is 5.92 Å². The molecule has 0 unspecified atom stereocenters. The van der Waals surface area contributed by atoms with Crippen LogP contribution in [0.1, 0.15) is 24.0 Å². The summed E-state index contributed by atoms with van der Waals surface area (Å²) in [4.78, 5) is 13.9. The molecule has 1 aromatic rings. The molecule has 0 N–H and O–H groups in total. The summed E-state index contributed by atoms with van der Waals surface area (Å²) in [6, 6.07) is 5.47. The first-order valence-corrected chi connectivity index (χ1v) is 8.96. The largest absolute Gasteiger partial charge is 0.349 e. The maximum Gasteiger partial charge on any atom is 0.243 e. The number of amides is 1. The zero-order valence-corrected chi connectivity index (χ0v) is 14.5. The van der Waals surface area contributed by atoms with Gasteiger partial charge in [-0.05, 0) is 43.9 Å². The smallest absolute Gasteiger partial charge is 0.243 e. The third kappa shape index (κ3) is 3.33. The fourth-order valence-electron chi connectivity index (χ4n) is 2.83. The van der Waals surface area contributed by atoms with E-state index in [0.29, 0.717) is 30.8 Å². The van der Waals surface area contributed by atoms with Crippen molar-refractivity contribution < 1.29 is 13.2 Å². The Kier molecular flexibility index (Phi) is 4.92. The van der Waals surface area contributed by atoms with Gasteiger partial charge in [0.1, 0.15) is 0 Å². The molecule has 1 aliphatic heterocycles. The van der Waals surface area contributed by atoms with Crippen LogP contribution in [0.25, 0.3) is 0 Å². The van der Waals surface area contributed by atoms with Crippen molar-refractivity contribution >= 4 is 15.9 Å². The van der Waals surface area contributed by atoms with E-state index in [0.717, 1.165) is 11.1 Å². The number of carbonyl (C=O) groups excluding carboxylic acids is 1. The summed E-state index contributed by atoms with van der Waals surface area (Å²) >= 11 is 0. The van der Waals surface area contributed by atoms with E-state index in [1.807, 2.05) is 26.0 Å². The van der Waals surface area contributed by atoms with Crippen LogP contribution in [0, 0.1) is 19.8 Å². The number of aryl methyl sites for hydroxylation is 2. The fourth-order valence-corrected chi connectivity index (χ4v) is 4.61. The summed E-state index contributed by atoms with van der Waals surface area (Å²) in [6.07, 6.45) is 1.17. The molecule has 2 rings (SSSR count). The van der Waals surface area contributed by atoms with Crippen LogP contribution in [0.2, 0.25) is 0 Å². The van der Waals surface area contributed by atoms with Gasteiger partial charge in [-0.1, -0.05) is 12.1 Å². The molecular weight excluding hydrogens is 300 g/mol. The lowest BCUT2D eigenvalue weighted by atomic mass is 9.97. The second-order valence-electron chi connectivity index (χ2n) is 6.18. The van der Waals surface area contributed by atoms with Crippen LogP contribution in [0.15, 0.2) is 23.1 Å². The molecule has 1 heterocycles. The van der Waals surface area contributed by atoms with Crippen LogP contribution in [0.5, 0.6) is 0 Å². The first-order valence-electron chi connectivity index (χ1n) is 7.52. The number of sulfonamides is 1. The van der Waals surface area contributed by atoms with E-state index in [1.165, 1.54) is 4.31 Å². The summed E-state index contributed by atoms with van der Waals surface area (Å²) in [7, 11) is -0.000844. The number of rotatable bonds is 3. The molecule has 0 saturated carbocycles. The van der Waals surface area contributed by atoms with Crippen LogP contribution >= 0.6 is 0 Å². The highest BCUT2D eigenvalue weighted by Gasteiger charge is 2.33. The highest BCUT2D eigenvalue weighted by molar-refractivity contribution is 7.89. The van der Waals surface area contributed by atoms with Gasteiger partial charge in [-0.3, -0.25) is 4.79 Å². The molecular formula is C16H24N2O3S. The maximum atomic E-state index is 12.8. The molecule has 0 aliphatic carbocycles. The van der Waals surface area contributed by atoms with Gasteiger partial charge in [-0.25, -0.2) is 8.42 Å². The van der Waals surface area contributed by atoms with E-state index in [9.17, 15) is 13.2 Å². The molecule has 0 atom stereocenters. The molecule has 0 spiro atoms. The van der Waals surface area contributed by atoms with Crippen LogP contribution in [0.4, 0.5) is 0 Å². The van der Waals surface area contributed by atoms with Crippen molar-refractivity contribution in [3.63, 3.8) is 0 Å². The third-order valence-electron chi connectivity index (χ3n) is 4.21. The van der Waals surface area contributed by atoms with Gasteiger partial charge in [0.15, 0.2) is 0 Å². The number of hydrogen-bond donors (Lipinski definition) is 0. The second-order valence-corrected chi connectivity index (χ2v) is 8.09. The molecule has 0 radical (unpaired) electrons. The van der Waals surface area contributed by atoms with Gasteiger partial charge in [0, 0.05) is 33.1 Å². The molecule has 1 aliphatic rings. The Balaban J connectivity index is 2.16. The Morgan fingerprint density at radius 2 is 1.77 bits per heavy atom. The number of piperidine rings is 1. The topological polar surface area (TPSA) is 57.7 Å². The Labute approximate surface area is 133 Å². The number of carbonyl (C=O) groups is 1. The van der Waals surface area contributed by atoms with E-state index >= 15 is 0 Å². The molecule has 0 bridgehead atoms. The van der Waals surface area contributed by atoms with E-state index in [4.69, 9.17) is 0 Å². The molecule has 122 valence electrons. The van der Waals surface area contributed by atoms with Gasteiger partial charge in [-0.15, -0.1) is 0 Å². The zero-order chi connectivity index (χ0) is 16.5. The highest BCUT2D eigenvalue weighted by Crippen LogP contribution is 2.26. The molecule has 1 amide bonds. The van der Waals surface area contributed by atoms with Crippen molar-refractivity contribution in [3.05, 3.63) is 29.3 Å². The van der Waals surface area contributed by atoms with E-state index < -0.39 is 10.0 Å². The van der Waals surface area contributed by atoms with Crippen molar-refractivity contribution in [2.75, 3.05) is 27.2 Å². The Hall–Kier alpha value is -1.40. The minimum Gasteiger partial charge on any atom is -0.349 e. The standard InChI is InChI=1S/C16H24N2O3S/c1-12-5-6-13(2)15(11-12)22(20,21)18-9-7-14(8-10-18)16(19)17(3)4/h5-6,11,14H,7-10H2,1-4H3. The van der Waals surface area contributed by atoms with Crippen molar-refractivity contribution in [3.8, 4) is 0 Å². The molecule has 1 fully saturated rings. The predicted molar refractivity (Wildman–Crippen MR) is 86.1 cm³/mol. The second kappa shape index (κ2) is 6.38. The summed E-state index contributed by atoms with van der Waals surface area (Å²) in [5, 5.41) is 0. The lowest BCUT2D eigenvalue weighted by molar-refractivity contribution is -0.134. The Morgan fingerprint density at radius 3 is 2.32 bits per heavy atom. The van der Waals surface area contributed by atoms with Crippen molar-refractivity contribution in [1.82, 2.24) is 9.21 Å². The van der Waals surface area contributed by atoms with Gasteiger partial charge in [0.2, 0.25) is 15.9 Å². The molecule has 0 aromatic heterocycles. The normalized spacial score (nSPS) is 17.5. The minimum atomic E-state index is -3.48. The number of nitrogens with zero attached hydrogens (tertiary/aromatic N) is 2. The third-order valence-corrected chi connectivity index (χ3v) is 6.25. The van der Waals surface area contributed by atoms with Gasteiger partial charge in [0.05, 0.1) is 4.90 Å². The lowest BCUT2D eigenvalue weighted by Crippen LogP contribution is -2.42. The summed E-state index contributed by atoms with van der Waals surface area (Å²) in [6.45, 7) is 4.51. The minimum absolute atomic E-state index is 0.0694. The lowest BCUT2D eigenvalue weighted by Gasteiger charge is -2.32. The van der Waals surface area contributed by atoms with Gasteiger partial charge >= 0.3 is 0 Å². The fraction of sp³-hybridized carbons (Fsp3) is 0.562. The molecule has 1 aromatic carbocycles. The van der Waals surface area contributed by atoms with Gasteiger partial charge in [-0.2, -0.15) is 4.31 Å². The first-order chi connectivity index (χ1) is 10.2. The van der Waals surface area contributed by atoms with E-state index in [1.54, 1.807) is 25.1 Å². The first kappa shape index (κ1) is 17.0. The SMILES string of the molecule is Cc1ccc(C)c(S(=O)(=O)N2CCC(C(=O)N(C)C)CC2)c1. The highest BCUT2D eigenvalue weighted by atomic mass is 32.2. The van der Waals surface area contributed by atoms with Crippen LogP contribution < -0.4 is 0 Å². The summed E-state index contributed by atoms with van der Waals surface area (Å²) in [5.41, 5.74) is 1.69. The van der Waals surface area contributed by atoms with Crippen molar-refractivity contribution in [2.45, 2.75) is 31.6 Å². The monoisotopic (exact) mass is 324 g/mol. The molecule has 6 heteroatoms. The van der Waals surface area contributed by atoms with E-state index in [2.05, 4.69) is 0 Å². The molecule has 5 nitrogen and oxygen atoms in total. The Bertz CT molecular complexity index is 660. The van der Waals surface area contributed by atoms with Gasteiger partial charge in [0.25, 0.3) is 0 Å². The average molecular weight is 324 g/mol. The zero-order valence-electron chi connectivity index (χ0n) is 13.7. The van der Waals surface area contributed by atoms with Crippen molar-refractivity contribution in [1.29, 1.82) is 0 Å². The number of benzene rings is 1.